The molecule has 1 N–H and O–H groups in total. The number of nitrogens with one attached hydrogen (secondary N) is 1. The summed E-state index contributed by atoms with van der Waals surface area (Å²) in [6.07, 6.45) is 0.695. The van der Waals surface area contributed by atoms with Gasteiger partial charge in [-0.15, -0.1) is 0 Å². The lowest BCUT2D eigenvalue weighted by atomic mass is 10.1. The Morgan fingerprint density at radius 2 is 1.86 bits per heavy atom. The number of carbonyl (C=O) groups excluding carboxylic acids is 1. The maximum Gasteiger partial charge on any atom is 0.289 e. The Morgan fingerprint density at radius 3 is 2.52 bits per heavy atom. The van der Waals surface area contributed by atoms with Gasteiger partial charge in [-0.3, -0.25) is 4.79 Å². The van der Waals surface area contributed by atoms with Crippen molar-refractivity contribution < 1.29 is 9.53 Å². The number of aryl methyl sites for hydroxylation is 2. The average molecular weight is 285 g/mol. The number of hydrogen-bond donors (Lipinski definition) is 1. The standard InChI is InChI=1S/C16H19N3O2/c1-11-10-12(2)19-15(18-11)16(20)17-9-8-13-6-4-5-7-14(13)21-3/h4-7,10H,8-9H2,1-3H3,(H,17,20). The van der Waals surface area contributed by atoms with Crippen molar-refractivity contribution in [3.63, 3.8) is 0 Å². The molecule has 0 atom stereocenters. The van der Waals surface area contributed by atoms with Crippen LogP contribution in [0.4, 0.5) is 0 Å². The molecule has 0 fully saturated rings. The van der Waals surface area contributed by atoms with E-state index in [4.69, 9.17) is 4.74 Å². The monoisotopic (exact) mass is 285 g/mol. The SMILES string of the molecule is COc1ccccc1CCNC(=O)c1nc(C)cc(C)n1. The van der Waals surface area contributed by atoms with Crippen molar-refractivity contribution in [3.05, 3.63) is 53.1 Å². The number of nitrogens with zero attached hydrogens (tertiary/aromatic N) is 2. The van der Waals surface area contributed by atoms with E-state index in [-0.39, 0.29) is 11.7 Å². The summed E-state index contributed by atoms with van der Waals surface area (Å²) in [5.41, 5.74) is 2.64. The summed E-state index contributed by atoms with van der Waals surface area (Å²) in [6.45, 7) is 4.20. The Bertz CT molecular complexity index is 621. The van der Waals surface area contributed by atoms with Crippen molar-refractivity contribution >= 4 is 5.91 Å². The number of benzene rings is 1. The zero-order chi connectivity index (χ0) is 15.2. The van der Waals surface area contributed by atoms with Gasteiger partial charge in [0.25, 0.3) is 5.91 Å². The first kappa shape index (κ1) is 15.0. The van der Waals surface area contributed by atoms with Gasteiger partial charge in [-0.25, -0.2) is 9.97 Å². The lowest BCUT2D eigenvalue weighted by Crippen LogP contribution is -2.28. The molecule has 21 heavy (non-hydrogen) atoms. The van der Waals surface area contributed by atoms with Crippen LogP contribution in [-0.4, -0.2) is 29.5 Å². The molecule has 0 spiro atoms. The van der Waals surface area contributed by atoms with Crippen LogP contribution < -0.4 is 10.1 Å². The predicted molar refractivity (Wildman–Crippen MR) is 80.5 cm³/mol. The summed E-state index contributed by atoms with van der Waals surface area (Å²) in [7, 11) is 1.64. The number of aromatic nitrogens is 2. The Hall–Kier alpha value is -2.43. The molecule has 0 aliphatic rings. The largest absolute Gasteiger partial charge is 0.496 e. The van der Waals surface area contributed by atoms with Gasteiger partial charge in [0.15, 0.2) is 0 Å². The molecule has 5 nitrogen and oxygen atoms in total. The van der Waals surface area contributed by atoms with Crippen molar-refractivity contribution in [3.8, 4) is 5.75 Å². The molecule has 5 heteroatoms. The van der Waals surface area contributed by atoms with Gasteiger partial charge in [0, 0.05) is 17.9 Å². The van der Waals surface area contributed by atoms with E-state index in [1.807, 2.05) is 44.2 Å². The van der Waals surface area contributed by atoms with Crippen LogP contribution in [0.3, 0.4) is 0 Å². The Kier molecular flexibility index (Phi) is 4.87. The molecule has 1 amide bonds. The van der Waals surface area contributed by atoms with E-state index >= 15 is 0 Å². The lowest BCUT2D eigenvalue weighted by molar-refractivity contribution is 0.0943. The number of para-hydroxylation sites is 1. The van der Waals surface area contributed by atoms with E-state index in [2.05, 4.69) is 15.3 Å². The van der Waals surface area contributed by atoms with Crippen LogP contribution >= 0.6 is 0 Å². The first-order chi connectivity index (χ1) is 10.1. The quantitative estimate of drug-likeness (QED) is 0.913. The summed E-state index contributed by atoms with van der Waals surface area (Å²) in [6, 6.07) is 9.60. The molecule has 0 bridgehead atoms. The van der Waals surface area contributed by atoms with Crippen LogP contribution in [0, 0.1) is 13.8 Å². The number of carbonyl (C=O) groups is 1. The van der Waals surface area contributed by atoms with Gasteiger partial charge < -0.3 is 10.1 Å². The molecule has 0 aliphatic heterocycles. The van der Waals surface area contributed by atoms with Crippen molar-refractivity contribution in [1.29, 1.82) is 0 Å². The van der Waals surface area contributed by atoms with E-state index in [0.717, 1.165) is 22.7 Å². The lowest BCUT2D eigenvalue weighted by Gasteiger charge is -2.09. The van der Waals surface area contributed by atoms with E-state index in [1.165, 1.54) is 0 Å². The highest BCUT2D eigenvalue weighted by molar-refractivity contribution is 5.90. The highest BCUT2D eigenvalue weighted by atomic mass is 16.5. The van der Waals surface area contributed by atoms with Gasteiger partial charge in [-0.2, -0.15) is 0 Å². The third-order valence-corrected chi connectivity index (χ3v) is 3.06. The second kappa shape index (κ2) is 6.83. The average Bonchev–Trinajstić information content (AvgIpc) is 2.46. The molecule has 0 unspecified atom stereocenters. The predicted octanol–water partition coefficient (Wildman–Crippen LogP) is 2.07. The van der Waals surface area contributed by atoms with Gasteiger partial charge in [0.1, 0.15) is 5.75 Å². The Labute approximate surface area is 124 Å². The molecule has 1 aromatic heterocycles. The molecule has 110 valence electrons. The summed E-state index contributed by atoms with van der Waals surface area (Å²) >= 11 is 0. The summed E-state index contributed by atoms with van der Waals surface area (Å²) < 4.78 is 5.28. The van der Waals surface area contributed by atoms with E-state index in [0.29, 0.717) is 13.0 Å². The highest BCUT2D eigenvalue weighted by Gasteiger charge is 2.10. The third-order valence-electron chi connectivity index (χ3n) is 3.06. The van der Waals surface area contributed by atoms with Gasteiger partial charge in [-0.05, 0) is 38.0 Å². The van der Waals surface area contributed by atoms with E-state index in [1.54, 1.807) is 7.11 Å². The van der Waals surface area contributed by atoms with Crippen LogP contribution in [0.1, 0.15) is 27.6 Å². The maximum atomic E-state index is 12.0. The topological polar surface area (TPSA) is 64.1 Å². The Balaban J connectivity index is 1.95. The summed E-state index contributed by atoms with van der Waals surface area (Å²) in [5, 5.41) is 2.83. The van der Waals surface area contributed by atoms with Gasteiger partial charge in [-0.1, -0.05) is 18.2 Å². The number of amides is 1. The van der Waals surface area contributed by atoms with Crippen molar-refractivity contribution in [1.82, 2.24) is 15.3 Å². The maximum absolute atomic E-state index is 12.0. The second-order valence-electron chi connectivity index (χ2n) is 4.79. The molecule has 2 rings (SSSR count). The molecule has 0 saturated carbocycles. The molecule has 2 aromatic rings. The van der Waals surface area contributed by atoms with E-state index in [9.17, 15) is 4.79 Å². The highest BCUT2D eigenvalue weighted by Crippen LogP contribution is 2.17. The minimum atomic E-state index is -0.253. The Morgan fingerprint density at radius 1 is 1.19 bits per heavy atom. The molecule has 1 heterocycles. The summed E-state index contributed by atoms with van der Waals surface area (Å²) in [4.78, 5) is 20.3. The van der Waals surface area contributed by atoms with Crippen LogP contribution in [0.15, 0.2) is 30.3 Å². The number of hydrogen-bond acceptors (Lipinski definition) is 4. The van der Waals surface area contributed by atoms with Crippen LogP contribution in [0.2, 0.25) is 0 Å². The minimum absolute atomic E-state index is 0.215. The summed E-state index contributed by atoms with van der Waals surface area (Å²) in [5.74, 6) is 0.790. The second-order valence-corrected chi connectivity index (χ2v) is 4.79. The van der Waals surface area contributed by atoms with Crippen LogP contribution in [0.25, 0.3) is 0 Å². The smallest absolute Gasteiger partial charge is 0.289 e. The number of ether oxygens (including phenoxy) is 1. The molecule has 0 aliphatic carbocycles. The number of rotatable bonds is 5. The number of methoxy groups -OCH3 is 1. The molecule has 0 saturated heterocycles. The first-order valence-electron chi connectivity index (χ1n) is 6.82. The van der Waals surface area contributed by atoms with Crippen molar-refractivity contribution in [2.75, 3.05) is 13.7 Å². The fraction of sp³-hybridized carbons (Fsp3) is 0.312. The van der Waals surface area contributed by atoms with Gasteiger partial charge in [0.05, 0.1) is 7.11 Å². The fourth-order valence-electron chi connectivity index (χ4n) is 2.13. The zero-order valence-corrected chi connectivity index (χ0v) is 12.5. The van der Waals surface area contributed by atoms with E-state index < -0.39 is 0 Å². The normalized spacial score (nSPS) is 10.2. The van der Waals surface area contributed by atoms with Crippen LogP contribution in [0.5, 0.6) is 5.75 Å². The van der Waals surface area contributed by atoms with Gasteiger partial charge >= 0.3 is 0 Å². The van der Waals surface area contributed by atoms with Crippen molar-refractivity contribution in [2.45, 2.75) is 20.3 Å². The third kappa shape index (κ3) is 4.02. The fourth-order valence-corrected chi connectivity index (χ4v) is 2.13. The minimum Gasteiger partial charge on any atom is -0.496 e. The van der Waals surface area contributed by atoms with Gasteiger partial charge in [0.2, 0.25) is 5.82 Å². The molecular weight excluding hydrogens is 266 g/mol. The zero-order valence-electron chi connectivity index (χ0n) is 12.5. The molecule has 1 aromatic carbocycles. The first-order valence-corrected chi connectivity index (χ1v) is 6.82. The molecular formula is C16H19N3O2. The van der Waals surface area contributed by atoms with Crippen LogP contribution in [-0.2, 0) is 6.42 Å². The van der Waals surface area contributed by atoms with Crippen molar-refractivity contribution in [2.24, 2.45) is 0 Å². The molecule has 0 radical (unpaired) electrons.